The lowest BCUT2D eigenvalue weighted by Crippen LogP contribution is -2.15. The highest BCUT2D eigenvalue weighted by atomic mass is 19.4. The van der Waals surface area contributed by atoms with E-state index in [9.17, 15) is 13.2 Å². The number of alkyl halides is 3. The maximum atomic E-state index is 12.8. The SMILES string of the molecule is C#Cc1cccc([C](C)CO)c1C(F)(F)F. The zero-order valence-corrected chi connectivity index (χ0v) is 8.60. The molecular formula is C12H10F3O. The van der Waals surface area contributed by atoms with E-state index in [1.165, 1.54) is 25.1 Å². The van der Waals surface area contributed by atoms with Crippen molar-refractivity contribution >= 4 is 0 Å². The van der Waals surface area contributed by atoms with E-state index in [2.05, 4.69) is 0 Å². The number of aliphatic hydroxyl groups excluding tert-OH is 1. The maximum Gasteiger partial charge on any atom is 0.417 e. The van der Waals surface area contributed by atoms with Gasteiger partial charge in [-0.3, -0.25) is 0 Å². The van der Waals surface area contributed by atoms with Gasteiger partial charge >= 0.3 is 6.18 Å². The minimum Gasteiger partial charge on any atom is -0.395 e. The monoisotopic (exact) mass is 227 g/mol. The van der Waals surface area contributed by atoms with Crippen molar-refractivity contribution in [2.45, 2.75) is 13.1 Å². The summed E-state index contributed by atoms with van der Waals surface area (Å²) in [6, 6.07) is 3.98. The Kier molecular flexibility index (Phi) is 3.61. The molecule has 1 aromatic carbocycles. The average molecular weight is 227 g/mol. The van der Waals surface area contributed by atoms with Crippen LogP contribution < -0.4 is 0 Å². The van der Waals surface area contributed by atoms with Gasteiger partial charge in [0.1, 0.15) is 0 Å². The molecule has 0 spiro atoms. The van der Waals surface area contributed by atoms with Crippen LogP contribution in [0, 0.1) is 18.3 Å². The summed E-state index contributed by atoms with van der Waals surface area (Å²) in [7, 11) is 0. The van der Waals surface area contributed by atoms with Crippen LogP contribution in [0.3, 0.4) is 0 Å². The zero-order valence-electron chi connectivity index (χ0n) is 8.60. The third-order valence-electron chi connectivity index (χ3n) is 2.20. The van der Waals surface area contributed by atoms with Crippen LogP contribution in [0.2, 0.25) is 0 Å². The fourth-order valence-electron chi connectivity index (χ4n) is 1.42. The Labute approximate surface area is 91.9 Å². The van der Waals surface area contributed by atoms with Crippen molar-refractivity contribution in [2.75, 3.05) is 6.61 Å². The highest BCUT2D eigenvalue weighted by molar-refractivity contribution is 5.50. The summed E-state index contributed by atoms with van der Waals surface area (Å²) in [6.45, 7) is 1.00. The second kappa shape index (κ2) is 4.58. The van der Waals surface area contributed by atoms with Crippen LogP contribution in [0.1, 0.15) is 23.6 Å². The van der Waals surface area contributed by atoms with Crippen molar-refractivity contribution in [1.82, 2.24) is 0 Å². The van der Waals surface area contributed by atoms with Crippen LogP contribution in [0.4, 0.5) is 13.2 Å². The van der Waals surface area contributed by atoms with Crippen LogP contribution in [0.25, 0.3) is 0 Å². The molecule has 0 aromatic heterocycles. The first-order valence-corrected chi connectivity index (χ1v) is 4.52. The molecule has 0 saturated carbocycles. The van der Waals surface area contributed by atoms with Crippen molar-refractivity contribution in [3.05, 3.63) is 40.8 Å². The number of benzene rings is 1. The quantitative estimate of drug-likeness (QED) is 0.770. The summed E-state index contributed by atoms with van der Waals surface area (Å²) in [6.07, 6.45) is 0.517. The lowest BCUT2D eigenvalue weighted by Gasteiger charge is -2.17. The number of rotatable bonds is 2. The van der Waals surface area contributed by atoms with Gasteiger partial charge < -0.3 is 5.11 Å². The van der Waals surface area contributed by atoms with E-state index in [0.717, 1.165) is 0 Å². The van der Waals surface area contributed by atoms with Crippen LogP contribution in [-0.2, 0) is 6.18 Å². The van der Waals surface area contributed by atoms with Crippen molar-refractivity contribution in [1.29, 1.82) is 0 Å². The first-order valence-electron chi connectivity index (χ1n) is 4.52. The molecule has 0 aliphatic heterocycles. The second-order valence-corrected chi connectivity index (χ2v) is 3.31. The fourth-order valence-corrected chi connectivity index (χ4v) is 1.42. The van der Waals surface area contributed by atoms with E-state index >= 15 is 0 Å². The van der Waals surface area contributed by atoms with E-state index in [-0.39, 0.29) is 17.0 Å². The third-order valence-corrected chi connectivity index (χ3v) is 2.20. The first-order chi connectivity index (χ1) is 7.41. The normalized spacial score (nSPS) is 11.6. The number of hydrogen-bond donors (Lipinski definition) is 1. The largest absolute Gasteiger partial charge is 0.417 e. The third kappa shape index (κ3) is 2.37. The van der Waals surface area contributed by atoms with Crippen LogP contribution >= 0.6 is 0 Å². The Morgan fingerprint density at radius 3 is 2.50 bits per heavy atom. The molecule has 0 heterocycles. The lowest BCUT2D eigenvalue weighted by molar-refractivity contribution is -0.138. The van der Waals surface area contributed by atoms with Gasteiger partial charge in [0.05, 0.1) is 12.2 Å². The smallest absolute Gasteiger partial charge is 0.395 e. The van der Waals surface area contributed by atoms with Crippen molar-refractivity contribution in [3.8, 4) is 12.3 Å². The molecule has 85 valence electrons. The van der Waals surface area contributed by atoms with Gasteiger partial charge in [-0.05, 0) is 11.6 Å². The first kappa shape index (κ1) is 12.6. The molecule has 0 atom stereocenters. The number of hydrogen-bond acceptors (Lipinski definition) is 1. The summed E-state index contributed by atoms with van der Waals surface area (Å²) in [5.41, 5.74) is -1.12. The summed E-state index contributed by atoms with van der Waals surface area (Å²) >= 11 is 0. The molecule has 4 heteroatoms. The van der Waals surface area contributed by atoms with Gasteiger partial charge in [-0.1, -0.05) is 25.0 Å². The van der Waals surface area contributed by atoms with E-state index in [1.807, 2.05) is 5.92 Å². The van der Waals surface area contributed by atoms with Gasteiger partial charge in [-0.2, -0.15) is 13.2 Å². The molecule has 1 rings (SSSR count). The average Bonchev–Trinajstić information content (AvgIpc) is 2.25. The Bertz CT molecular complexity index is 415. The summed E-state index contributed by atoms with van der Waals surface area (Å²) in [5, 5.41) is 8.89. The van der Waals surface area contributed by atoms with E-state index in [0.29, 0.717) is 0 Å². The van der Waals surface area contributed by atoms with Gasteiger partial charge in [0.2, 0.25) is 0 Å². The Balaban J connectivity index is 3.46. The minimum atomic E-state index is -4.52. The van der Waals surface area contributed by atoms with E-state index in [4.69, 9.17) is 11.5 Å². The zero-order chi connectivity index (χ0) is 12.3. The van der Waals surface area contributed by atoms with Crippen LogP contribution in [-0.4, -0.2) is 11.7 Å². The molecule has 1 nitrogen and oxygen atoms in total. The molecule has 0 fully saturated rings. The molecule has 0 amide bonds. The number of terminal acetylenes is 1. The molecule has 16 heavy (non-hydrogen) atoms. The number of aliphatic hydroxyl groups is 1. The van der Waals surface area contributed by atoms with E-state index < -0.39 is 18.3 Å². The van der Waals surface area contributed by atoms with Crippen molar-refractivity contribution in [2.24, 2.45) is 0 Å². The van der Waals surface area contributed by atoms with Gasteiger partial charge in [0.15, 0.2) is 0 Å². The van der Waals surface area contributed by atoms with Crippen LogP contribution in [0.5, 0.6) is 0 Å². The minimum absolute atomic E-state index is 0.0505. The Morgan fingerprint density at radius 2 is 2.06 bits per heavy atom. The highest BCUT2D eigenvalue weighted by Crippen LogP contribution is 2.37. The summed E-state index contributed by atoms with van der Waals surface area (Å²) < 4.78 is 38.4. The maximum absolute atomic E-state index is 12.8. The van der Waals surface area contributed by atoms with Gasteiger partial charge in [-0.15, -0.1) is 6.42 Å². The van der Waals surface area contributed by atoms with Crippen molar-refractivity contribution < 1.29 is 18.3 Å². The van der Waals surface area contributed by atoms with Crippen molar-refractivity contribution in [3.63, 3.8) is 0 Å². The predicted octanol–water partition coefficient (Wildman–Crippen LogP) is 2.62. The lowest BCUT2D eigenvalue weighted by atomic mass is 9.92. The Hall–Kier alpha value is -1.47. The summed E-state index contributed by atoms with van der Waals surface area (Å²) in [4.78, 5) is 0. The molecule has 0 aliphatic carbocycles. The molecule has 0 aliphatic rings. The number of halogens is 3. The van der Waals surface area contributed by atoms with Gasteiger partial charge in [0, 0.05) is 11.5 Å². The topological polar surface area (TPSA) is 20.2 Å². The Morgan fingerprint density at radius 1 is 1.44 bits per heavy atom. The standard InChI is InChI=1S/C12H10F3O/c1-3-9-5-4-6-10(8(2)7-16)11(9)12(13,14)15/h1,4-6,16H,7H2,2H3. The molecule has 0 unspecified atom stereocenters. The molecule has 1 N–H and O–H groups in total. The second-order valence-electron chi connectivity index (χ2n) is 3.31. The molecular weight excluding hydrogens is 217 g/mol. The highest BCUT2D eigenvalue weighted by Gasteiger charge is 2.36. The molecule has 1 aromatic rings. The van der Waals surface area contributed by atoms with Crippen LogP contribution in [0.15, 0.2) is 18.2 Å². The van der Waals surface area contributed by atoms with E-state index in [1.54, 1.807) is 0 Å². The fraction of sp³-hybridized carbons (Fsp3) is 0.250. The summed E-state index contributed by atoms with van der Waals surface area (Å²) in [5.74, 6) is 2.25. The molecule has 0 bridgehead atoms. The predicted molar refractivity (Wildman–Crippen MR) is 54.5 cm³/mol. The van der Waals surface area contributed by atoms with Gasteiger partial charge in [-0.25, -0.2) is 0 Å². The molecule has 0 saturated heterocycles. The molecule has 1 radical (unpaired) electrons. The van der Waals surface area contributed by atoms with Gasteiger partial charge in [0.25, 0.3) is 0 Å².